The van der Waals surface area contributed by atoms with E-state index in [9.17, 15) is 48.3 Å². The van der Waals surface area contributed by atoms with E-state index in [-0.39, 0.29) is 0 Å². The minimum Gasteiger partial charge on any atom is -0.250 e. The fraction of sp³-hybridized carbons (Fsp3) is 0.750. The van der Waals surface area contributed by atoms with Crippen LogP contribution in [0.25, 0.3) is 0 Å². The molecule has 0 bridgehead atoms. The summed E-state index contributed by atoms with van der Waals surface area (Å²) in [5.41, 5.74) is -5.97. The SMILES string of the molecule is FCC(/C=C/C(F)(C(F)(F)F)C(F)(F)F)C(F)(F)F. The average Bonchev–Trinajstić information content (AvgIpc) is 2.12. The number of allylic oxidation sites excluding steroid dienone is 2. The molecular weight excluding hydrogens is 305 g/mol. The van der Waals surface area contributed by atoms with E-state index in [1.54, 1.807) is 0 Å². The van der Waals surface area contributed by atoms with Gasteiger partial charge in [0.15, 0.2) is 0 Å². The predicted molar refractivity (Wildman–Crippen MR) is 40.6 cm³/mol. The summed E-state index contributed by atoms with van der Waals surface area (Å²) in [4.78, 5) is 0. The maximum absolute atomic E-state index is 12.9. The van der Waals surface area contributed by atoms with Gasteiger partial charge < -0.3 is 0 Å². The van der Waals surface area contributed by atoms with Crippen molar-refractivity contribution in [1.82, 2.24) is 0 Å². The quantitative estimate of drug-likeness (QED) is 0.531. The fourth-order valence-electron chi connectivity index (χ4n) is 0.846. The fourth-order valence-corrected chi connectivity index (χ4v) is 0.846. The van der Waals surface area contributed by atoms with Crippen LogP contribution in [-0.2, 0) is 0 Å². The minimum atomic E-state index is -6.52. The van der Waals surface area contributed by atoms with Gasteiger partial charge in [0.2, 0.25) is 0 Å². The van der Waals surface area contributed by atoms with Gasteiger partial charge in [-0.2, -0.15) is 39.5 Å². The number of hydrogen-bond donors (Lipinski definition) is 0. The number of rotatable bonds is 3. The van der Waals surface area contributed by atoms with Gasteiger partial charge in [0.1, 0.15) is 12.6 Å². The van der Waals surface area contributed by atoms with Crippen molar-refractivity contribution in [2.75, 3.05) is 6.67 Å². The Labute approximate surface area is 98.4 Å². The van der Waals surface area contributed by atoms with Crippen LogP contribution in [0.15, 0.2) is 12.2 Å². The van der Waals surface area contributed by atoms with E-state index in [1.165, 1.54) is 0 Å². The van der Waals surface area contributed by atoms with Crippen LogP contribution in [0, 0.1) is 5.92 Å². The second-order valence-corrected chi connectivity index (χ2v) is 3.37. The smallest absolute Gasteiger partial charge is 0.250 e. The normalized spacial score (nSPS) is 17.0. The van der Waals surface area contributed by atoms with Gasteiger partial charge in [0.05, 0.1) is 0 Å². The van der Waals surface area contributed by atoms with Gasteiger partial charge in [-0.15, -0.1) is 0 Å². The Morgan fingerprint density at radius 1 is 0.737 bits per heavy atom. The van der Waals surface area contributed by atoms with Gasteiger partial charge in [-0.05, 0) is 6.08 Å². The lowest BCUT2D eigenvalue weighted by molar-refractivity contribution is -0.322. The van der Waals surface area contributed by atoms with Gasteiger partial charge in [0, 0.05) is 0 Å². The van der Waals surface area contributed by atoms with Crippen LogP contribution in [0.1, 0.15) is 0 Å². The first-order valence-electron chi connectivity index (χ1n) is 4.31. The Kier molecular flexibility index (Phi) is 4.88. The van der Waals surface area contributed by atoms with Crippen LogP contribution in [0.5, 0.6) is 0 Å². The van der Waals surface area contributed by atoms with Crippen molar-refractivity contribution in [3.63, 3.8) is 0 Å². The highest BCUT2D eigenvalue weighted by Gasteiger charge is 2.71. The molecule has 0 aromatic rings. The zero-order valence-corrected chi connectivity index (χ0v) is 8.60. The molecule has 19 heavy (non-hydrogen) atoms. The lowest BCUT2D eigenvalue weighted by Gasteiger charge is -2.27. The van der Waals surface area contributed by atoms with Crippen LogP contribution in [0.3, 0.4) is 0 Å². The second kappa shape index (κ2) is 5.16. The highest BCUT2D eigenvalue weighted by atomic mass is 19.4. The van der Waals surface area contributed by atoms with E-state index >= 15 is 0 Å². The molecule has 0 rings (SSSR count). The molecular formula is C8H5F11. The third-order valence-electron chi connectivity index (χ3n) is 1.97. The third-order valence-corrected chi connectivity index (χ3v) is 1.97. The van der Waals surface area contributed by atoms with Crippen molar-refractivity contribution in [1.29, 1.82) is 0 Å². The molecule has 0 fully saturated rings. The monoisotopic (exact) mass is 310 g/mol. The highest BCUT2D eigenvalue weighted by Crippen LogP contribution is 2.47. The minimum absolute atomic E-state index is 0.832. The van der Waals surface area contributed by atoms with E-state index in [2.05, 4.69) is 0 Å². The van der Waals surface area contributed by atoms with Crippen LogP contribution < -0.4 is 0 Å². The number of hydrogen-bond acceptors (Lipinski definition) is 0. The van der Waals surface area contributed by atoms with Crippen molar-refractivity contribution in [2.24, 2.45) is 5.92 Å². The molecule has 1 unspecified atom stereocenters. The molecule has 0 radical (unpaired) electrons. The molecule has 11 heteroatoms. The summed E-state index contributed by atoms with van der Waals surface area (Å²) in [5, 5.41) is 0. The third kappa shape index (κ3) is 3.96. The van der Waals surface area contributed by atoms with Crippen molar-refractivity contribution in [3.05, 3.63) is 12.2 Å². The van der Waals surface area contributed by atoms with Crippen molar-refractivity contribution in [3.8, 4) is 0 Å². The Bertz CT molecular complexity index is 303. The topological polar surface area (TPSA) is 0 Å². The molecule has 0 aromatic carbocycles. The maximum Gasteiger partial charge on any atom is 0.435 e. The molecule has 0 saturated heterocycles. The standard InChI is InChI=1S/C8H5F11/c9-3-4(6(11,12)13)1-2-5(10,7(14,15)16)8(17,18)19/h1-2,4H,3H2/b2-1+. The number of alkyl halides is 11. The molecule has 0 aliphatic heterocycles. The molecule has 0 aromatic heterocycles. The predicted octanol–water partition coefficient (Wildman–Crippen LogP) is 4.52. The number of halogens is 11. The summed E-state index contributed by atoms with van der Waals surface area (Å²) in [7, 11) is 0. The Morgan fingerprint density at radius 2 is 1.11 bits per heavy atom. The lowest BCUT2D eigenvalue weighted by Crippen LogP contribution is -2.51. The van der Waals surface area contributed by atoms with Crippen molar-refractivity contribution >= 4 is 0 Å². The van der Waals surface area contributed by atoms with E-state index in [0.717, 1.165) is 0 Å². The highest BCUT2D eigenvalue weighted by molar-refractivity contribution is 5.12. The van der Waals surface area contributed by atoms with Gasteiger partial charge in [-0.1, -0.05) is 6.08 Å². The van der Waals surface area contributed by atoms with E-state index in [1.807, 2.05) is 0 Å². The summed E-state index contributed by atoms with van der Waals surface area (Å²) < 4.78 is 132. The molecule has 0 nitrogen and oxygen atoms in total. The van der Waals surface area contributed by atoms with Gasteiger partial charge in [-0.25, -0.2) is 4.39 Å². The van der Waals surface area contributed by atoms with Crippen LogP contribution in [-0.4, -0.2) is 30.9 Å². The lowest BCUT2D eigenvalue weighted by atomic mass is 10.0. The summed E-state index contributed by atoms with van der Waals surface area (Å²) in [6.45, 7) is -2.31. The van der Waals surface area contributed by atoms with Crippen LogP contribution in [0.4, 0.5) is 48.3 Å². The second-order valence-electron chi connectivity index (χ2n) is 3.37. The molecule has 0 saturated carbocycles. The Balaban J connectivity index is 5.50. The molecule has 0 aliphatic rings. The van der Waals surface area contributed by atoms with E-state index < -0.39 is 48.9 Å². The Hall–Kier alpha value is -1.03. The summed E-state index contributed by atoms with van der Waals surface area (Å²) in [5.74, 6) is -3.26. The molecule has 0 heterocycles. The van der Waals surface area contributed by atoms with Gasteiger partial charge >= 0.3 is 24.2 Å². The molecule has 114 valence electrons. The Morgan fingerprint density at radius 3 is 1.32 bits per heavy atom. The summed E-state index contributed by atoms with van der Waals surface area (Å²) in [6, 6.07) is 0. The maximum atomic E-state index is 12.9. The van der Waals surface area contributed by atoms with Gasteiger partial charge in [-0.3, -0.25) is 4.39 Å². The molecule has 0 N–H and O–H groups in total. The van der Waals surface area contributed by atoms with Crippen LogP contribution in [0.2, 0.25) is 0 Å². The first-order valence-corrected chi connectivity index (χ1v) is 4.31. The average molecular weight is 310 g/mol. The molecule has 0 amide bonds. The van der Waals surface area contributed by atoms with E-state index in [0.29, 0.717) is 0 Å². The first-order chi connectivity index (χ1) is 8.17. The van der Waals surface area contributed by atoms with E-state index in [4.69, 9.17) is 0 Å². The van der Waals surface area contributed by atoms with Crippen molar-refractivity contribution in [2.45, 2.75) is 24.2 Å². The van der Waals surface area contributed by atoms with Crippen molar-refractivity contribution < 1.29 is 48.3 Å². The zero-order chi connectivity index (χ0) is 15.7. The molecule has 0 aliphatic carbocycles. The first kappa shape index (κ1) is 18.0. The van der Waals surface area contributed by atoms with Crippen LogP contribution >= 0.6 is 0 Å². The van der Waals surface area contributed by atoms with Gasteiger partial charge in [0.25, 0.3) is 0 Å². The molecule has 1 atom stereocenters. The molecule has 0 spiro atoms. The summed E-state index contributed by atoms with van der Waals surface area (Å²) in [6.07, 6.45) is -20.7. The summed E-state index contributed by atoms with van der Waals surface area (Å²) >= 11 is 0. The zero-order valence-electron chi connectivity index (χ0n) is 8.60. The largest absolute Gasteiger partial charge is 0.435 e.